The normalized spacial score (nSPS) is 15.2. The van der Waals surface area contributed by atoms with Crippen LogP contribution in [0.3, 0.4) is 0 Å². The van der Waals surface area contributed by atoms with Crippen molar-refractivity contribution in [2.24, 2.45) is 0 Å². The maximum absolute atomic E-state index is 12.2. The number of carbonyl (C=O) groups excluding carboxylic acids is 1. The van der Waals surface area contributed by atoms with Crippen molar-refractivity contribution in [1.29, 1.82) is 0 Å². The molecule has 136 valence electrons. The number of fused-ring (bicyclic) bond motifs is 1. The summed E-state index contributed by atoms with van der Waals surface area (Å²) in [6.45, 7) is 0.189. The number of nitrogens with zero attached hydrogens (tertiary/aromatic N) is 3. The Morgan fingerprint density at radius 3 is 2.59 bits per heavy atom. The molecule has 4 rings (SSSR count). The number of nitrogens with one attached hydrogen (secondary N) is 1. The van der Waals surface area contributed by atoms with E-state index in [9.17, 15) is 14.9 Å². The van der Waals surface area contributed by atoms with E-state index in [1.54, 1.807) is 12.1 Å². The Morgan fingerprint density at radius 2 is 1.85 bits per heavy atom. The lowest BCUT2D eigenvalue weighted by molar-refractivity contribution is -0.384. The number of rotatable bonds is 4. The number of nitro groups is 1. The van der Waals surface area contributed by atoms with E-state index in [0.29, 0.717) is 11.5 Å². The summed E-state index contributed by atoms with van der Waals surface area (Å²) < 4.78 is 16.8. The van der Waals surface area contributed by atoms with Crippen LogP contribution >= 0.6 is 0 Å². The molecule has 1 aromatic heterocycles. The van der Waals surface area contributed by atoms with Gasteiger partial charge >= 0.3 is 6.01 Å². The van der Waals surface area contributed by atoms with Gasteiger partial charge in [0.1, 0.15) is 6.61 Å². The van der Waals surface area contributed by atoms with E-state index in [4.69, 9.17) is 13.9 Å². The number of non-ortho nitro benzene ring substituents is 1. The van der Waals surface area contributed by atoms with Gasteiger partial charge < -0.3 is 13.9 Å². The van der Waals surface area contributed by atoms with E-state index in [0.717, 1.165) is 0 Å². The maximum Gasteiger partial charge on any atom is 0.322 e. The summed E-state index contributed by atoms with van der Waals surface area (Å²) in [7, 11) is 0. The molecule has 1 atom stereocenters. The smallest absolute Gasteiger partial charge is 0.322 e. The van der Waals surface area contributed by atoms with E-state index < -0.39 is 16.9 Å². The van der Waals surface area contributed by atoms with Gasteiger partial charge in [-0.3, -0.25) is 20.2 Å². The number of carbonyl (C=O) groups is 1. The standard InChI is InChI=1S/C17H12N4O6/c22-15(10-5-7-11(8-6-10)21(23)24)18-17-20-19-16(27-17)14-9-25-12-3-1-2-4-13(12)26-14/h1-8,14H,9H2,(H,18,20,22). The summed E-state index contributed by atoms with van der Waals surface area (Å²) in [5.41, 5.74) is 0.105. The topological polar surface area (TPSA) is 130 Å². The molecule has 0 saturated heterocycles. The summed E-state index contributed by atoms with van der Waals surface area (Å²) in [6.07, 6.45) is -0.600. The number of benzene rings is 2. The molecule has 10 heteroatoms. The number of hydrogen-bond donors (Lipinski definition) is 1. The van der Waals surface area contributed by atoms with Crippen molar-refractivity contribution in [2.75, 3.05) is 11.9 Å². The number of anilines is 1. The first kappa shape index (κ1) is 16.5. The van der Waals surface area contributed by atoms with Crippen LogP contribution in [0.15, 0.2) is 52.9 Å². The van der Waals surface area contributed by atoms with E-state index in [1.807, 2.05) is 12.1 Å². The Hall–Kier alpha value is -3.95. The molecule has 1 amide bonds. The van der Waals surface area contributed by atoms with Crippen molar-refractivity contribution in [3.05, 3.63) is 70.1 Å². The lowest BCUT2D eigenvalue weighted by Gasteiger charge is -2.23. The van der Waals surface area contributed by atoms with E-state index >= 15 is 0 Å². The second-order valence-electron chi connectivity index (χ2n) is 5.57. The zero-order valence-corrected chi connectivity index (χ0v) is 13.7. The minimum absolute atomic E-state index is 0.110. The molecule has 27 heavy (non-hydrogen) atoms. The van der Waals surface area contributed by atoms with Gasteiger partial charge in [-0.1, -0.05) is 17.2 Å². The van der Waals surface area contributed by atoms with Gasteiger partial charge in [0.15, 0.2) is 11.5 Å². The highest BCUT2D eigenvalue weighted by atomic mass is 16.6. The Labute approximate surface area is 151 Å². The molecular weight excluding hydrogens is 356 g/mol. The molecule has 1 N–H and O–H groups in total. The van der Waals surface area contributed by atoms with Crippen LogP contribution < -0.4 is 14.8 Å². The fraction of sp³-hybridized carbons (Fsp3) is 0.118. The third kappa shape index (κ3) is 3.40. The van der Waals surface area contributed by atoms with Crippen LogP contribution in [0.2, 0.25) is 0 Å². The quantitative estimate of drug-likeness (QED) is 0.549. The number of para-hydroxylation sites is 2. The fourth-order valence-corrected chi connectivity index (χ4v) is 2.46. The average Bonchev–Trinajstić information content (AvgIpc) is 3.16. The Bertz CT molecular complexity index is 1000. The van der Waals surface area contributed by atoms with E-state index in [1.165, 1.54) is 24.3 Å². The van der Waals surface area contributed by atoms with Crippen LogP contribution in [0, 0.1) is 10.1 Å². The first-order valence-corrected chi connectivity index (χ1v) is 7.88. The van der Waals surface area contributed by atoms with Crippen LogP contribution in [0.1, 0.15) is 22.4 Å². The highest BCUT2D eigenvalue weighted by Crippen LogP contribution is 2.35. The van der Waals surface area contributed by atoms with Crippen LogP contribution in [0.4, 0.5) is 11.7 Å². The van der Waals surface area contributed by atoms with Gasteiger partial charge in [0.2, 0.25) is 6.10 Å². The number of aromatic nitrogens is 2. The Morgan fingerprint density at radius 1 is 1.11 bits per heavy atom. The van der Waals surface area contributed by atoms with Crippen LogP contribution in [-0.4, -0.2) is 27.6 Å². The summed E-state index contributed by atoms with van der Waals surface area (Å²) in [4.78, 5) is 22.3. The van der Waals surface area contributed by atoms with Crippen molar-refractivity contribution in [2.45, 2.75) is 6.10 Å². The molecule has 1 aliphatic heterocycles. The zero-order valence-electron chi connectivity index (χ0n) is 13.7. The average molecular weight is 368 g/mol. The molecule has 10 nitrogen and oxygen atoms in total. The van der Waals surface area contributed by atoms with Crippen molar-refractivity contribution in [1.82, 2.24) is 10.2 Å². The van der Waals surface area contributed by atoms with Crippen molar-refractivity contribution in [3.8, 4) is 11.5 Å². The second-order valence-corrected chi connectivity index (χ2v) is 5.57. The van der Waals surface area contributed by atoms with Gasteiger partial charge in [0, 0.05) is 17.7 Å². The van der Waals surface area contributed by atoms with E-state index in [-0.39, 0.29) is 29.8 Å². The van der Waals surface area contributed by atoms with Crippen LogP contribution in [0.5, 0.6) is 11.5 Å². The van der Waals surface area contributed by atoms with Gasteiger partial charge in [-0.15, -0.1) is 5.10 Å². The number of amides is 1. The minimum Gasteiger partial charge on any atom is -0.485 e. The molecule has 1 aliphatic rings. The first-order valence-electron chi connectivity index (χ1n) is 7.88. The Kier molecular flexibility index (Phi) is 4.13. The van der Waals surface area contributed by atoms with Crippen molar-refractivity contribution >= 4 is 17.6 Å². The van der Waals surface area contributed by atoms with E-state index in [2.05, 4.69) is 15.5 Å². The molecule has 3 aromatic rings. The van der Waals surface area contributed by atoms with Gasteiger partial charge in [0.25, 0.3) is 17.5 Å². The van der Waals surface area contributed by atoms with Crippen molar-refractivity contribution in [3.63, 3.8) is 0 Å². The second kappa shape index (κ2) is 6.75. The van der Waals surface area contributed by atoms with Crippen molar-refractivity contribution < 1.29 is 23.6 Å². The van der Waals surface area contributed by atoms with Gasteiger partial charge in [-0.2, -0.15) is 0 Å². The first-order chi connectivity index (χ1) is 13.1. The number of nitro benzene ring substituents is 1. The largest absolute Gasteiger partial charge is 0.485 e. The molecule has 0 radical (unpaired) electrons. The Balaban J connectivity index is 1.44. The summed E-state index contributed by atoms with van der Waals surface area (Å²) >= 11 is 0. The summed E-state index contributed by atoms with van der Waals surface area (Å²) in [5, 5.41) is 20.7. The maximum atomic E-state index is 12.2. The van der Waals surface area contributed by atoms with Gasteiger partial charge in [-0.05, 0) is 24.3 Å². The van der Waals surface area contributed by atoms with Gasteiger partial charge in [0.05, 0.1) is 4.92 Å². The minimum atomic E-state index is -0.600. The van der Waals surface area contributed by atoms with Crippen LogP contribution in [-0.2, 0) is 0 Å². The summed E-state index contributed by atoms with van der Waals surface area (Å²) in [5.74, 6) is 0.804. The highest BCUT2D eigenvalue weighted by Gasteiger charge is 2.27. The summed E-state index contributed by atoms with van der Waals surface area (Å²) in [6, 6.07) is 12.2. The SMILES string of the molecule is O=C(Nc1nnc(C2COc3ccccc3O2)o1)c1ccc([N+](=O)[O-])cc1. The highest BCUT2D eigenvalue weighted by molar-refractivity contribution is 6.03. The van der Waals surface area contributed by atoms with Crippen LogP contribution in [0.25, 0.3) is 0 Å². The zero-order chi connectivity index (χ0) is 18.8. The molecule has 0 aliphatic carbocycles. The molecular formula is C17H12N4O6. The monoisotopic (exact) mass is 368 g/mol. The molecule has 0 fully saturated rings. The number of hydrogen-bond acceptors (Lipinski definition) is 8. The predicted octanol–water partition coefficient (Wildman–Crippen LogP) is 2.74. The molecule has 1 unspecified atom stereocenters. The lowest BCUT2D eigenvalue weighted by Crippen LogP contribution is -2.21. The number of ether oxygens (including phenoxy) is 2. The van der Waals surface area contributed by atoms with Gasteiger partial charge in [-0.25, -0.2) is 0 Å². The molecule has 0 spiro atoms. The molecule has 0 saturated carbocycles. The predicted molar refractivity (Wildman–Crippen MR) is 90.7 cm³/mol. The molecule has 2 aromatic carbocycles. The molecule has 2 heterocycles. The third-order valence-corrected chi connectivity index (χ3v) is 3.79. The third-order valence-electron chi connectivity index (χ3n) is 3.79. The molecule has 0 bridgehead atoms. The lowest BCUT2D eigenvalue weighted by atomic mass is 10.2. The fourth-order valence-electron chi connectivity index (χ4n) is 2.46.